The Morgan fingerprint density at radius 3 is 2.70 bits per heavy atom. The van der Waals surface area contributed by atoms with Crippen LogP contribution in [-0.2, 0) is 13.0 Å². The molecule has 0 aliphatic carbocycles. The molecule has 104 valence electrons. The van der Waals surface area contributed by atoms with E-state index in [4.69, 9.17) is 9.84 Å². The van der Waals surface area contributed by atoms with Crippen molar-refractivity contribution in [1.82, 2.24) is 9.97 Å². The monoisotopic (exact) mass is 272 g/mol. The van der Waals surface area contributed by atoms with Gasteiger partial charge in [-0.3, -0.25) is 9.97 Å². The van der Waals surface area contributed by atoms with Crippen LogP contribution in [-0.4, -0.2) is 21.0 Å². The maximum Gasteiger partial charge on any atom is 0.337 e. The van der Waals surface area contributed by atoms with Crippen molar-refractivity contribution in [3.8, 4) is 5.75 Å². The number of carboxylic acids is 1. The number of aromatic carboxylic acids is 1. The minimum atomic E-state index is -0.985. The standard InChI is InChI=1S/C15H16N2O3/c1-3-13-14(7-4-10(2)17-13)20-9-12-6-5-11(8-16-12)15(18)19/h4-8H,3,9H2,1-2H3,(H,18,19). The van der Waals surface area contributed by atoms with Crippen LogP contribution in [0.4, 0.5) is 0 Å². The van der Waals surface area contributed by atoms with Crippen LogP contribution in [0, 0.1) is 6.92 Å². The maximum absolute atomic E-state index is 10.7. The van der Waals surface area contributed by atoms with Crippen LogP contribution in [0.1, 0.15) is 34.4 Å². The Kier molecular flexibility index (Phi) is 4.30. The first-order valence-electron chi connectivity index (χ1n) is 6.37. The maximum atomic E-state index is 10.7. The Hall–Kier alpha value is -2.43. The van der Waals surface area contributed by atoms with Crippen molar-refractivity contribution in [2.24, 2.45) is 0 Å². The summed E-state index contributed by atoms with van der Waals surface area (Å²) >= 11 is 0. The average Bonchev–Trinajstić information content (AvgIpc) is 2.46. The van der Waals surface area contributed by atoms with Gasteiger partial charge in [-0.25, -0.2) is 4.79 Å². The molecule has 2 aromatic heterocycles. The number of ether oxygens (including phenoxy) is 1. The van der Waals surface area contributed by atoms with Gasteiger partial charge in [0, 0.05) is 11.9 Å². The lowest BCUT2D eigenvalue weighted by Gasteiger charge is -2.10. The summed E-state index contributed by atoms with van der Waals surface area (Å²) in [6, 6.07) is 6.96. The van der Waals surface area contributed by atoms with Crippen LogP contribution in [0.25, 0.3) is 0 Å². The normalized spacial score (nSPS) is 10.3. The van der Waals surface area contributed by atoms with Crippen molar-refractivity contribution in [3.63, 3.8) is 0 Å². The zero-order valence-corrected chi connectivity index (χ0v) is 11.5. The molecule has 20 heavy (non-hydrogen) atoms. The van der Waals surface area contributed by atoms with Crippen LogP contribution in [0.2, 0.25) is 0 Å². The minimum Gasteiger partial charge on any atom is -0.485 e. The predicted octanol–water partition coefficient (Wildman–Crippen LogP) is 2.62. The van der Waals surface area contributed by atoms with Crippen molar-refractivity contribution < 1.29 is 14.6 Å². The fourth-order valence-corrected chi connectivity index (χ4v) is 1.77. The molecule has 5 heteroatoms. The molecule has 0 radical (unpaired) electrons. The van der Waals surface area contributed by atoms with Crippen molar-refractivity contribution >= 4 is 5.97 Å². The van der Waals surface area contributed by atoms with Crippen LogP contribution < -0.4 is 4.74 Å². The molecule has 1 N–H and O–H groups in total. The Morgan fingerprint density at radius 2 is 2.10 bits per heavy atom. The van der Waals surface area contributed by atoms with Gasteiger partial charge in [-0.2, -0.15) is 0 Å². The van der Waals surface area contributed by atoms with E-state index < -0.39 is 5.97 Å². The van der Waals surface area contributed by atoms with E-state index in [-0.39, 0.29) is 12.2 Å². The quantitative estimate of drug-likeness (QED) is 0.905. The molecule has 0 fully saturated rings. The largest absolute Gasteiger partial charge is 0.485 e. The second-order valence-electron chi connectivity index (χ2n) is 4.38. The van der Waals surface area contributed by atoms with E-state index in [1.807, 2.05) is 26.0 Å². The van der Waals surface area contributed by atoms with E-state index in [0.29, 0.717) is 5.69 Å². The Bertz CT molecular complexity index is 609. The van der Waals surface area contributed by atoms with Gasteiger partial charge in [0.2, 0.25) is 0 Å². The van der Waals surface area contributed by atoms with Crippen LogP contribution >= 0.6 is 0 Å². The number of aromatic nitrogens is 2. The number of carbonyl (C=O) groups is 1. The lowest BCUT2D eigenvalue weighted by atomic mass is 10.2. The minimum absolute atomic E-state index is 0.167. The molecule has 0 amide bonds. The van der Waals surface area contributed by atoms with E-state index in [0.717, 1.165) is 23.6 Å². The van der Waals surface area contributed by atoms with E-state index in [1.54, 1.807) is 6.07 Å². The smallest absolute Gasteiger partial charge is 0.337 e. The third-order valence-electron chi connectivity index (χ3n) is 2.85. The summed E-state index contributed by atoms with van der Waals surface area (Å²) in [6.45, 7) is 4.25. The Balaban J connectivity index is 2.06. The van der Waals surface area contributed by atoms with E-state index in [1.165, 1.54) is 12.3 Å². The number of rotatable bonds is 5. The number of hydrogen-bond acceptors (Lipinski definition) is 4. The molecule has 0 saturated heterocycles. The van der Waals surface area contributed by atoms with Gasteiger partial charge in [-0.1, -0.05) is 6.92 Å². The van der Waals surface area contributed by atoms with Gasteiger partial charge < -0.3 is 9.84 Å². The highest BCUT2D eigenvalue weighted by Crippen LogP contribution is 2.18. The summed E-state index contributed by atoms with van der Waals surface area (Å²) in [6.07, 6.45) is 2.12. The highest BCUT2D eigenvalue weighted by atomic mass is 16.5. The molecule has 2 heterocycles. The van der Waals surface area contributed by atoms with Gasteiger partial charge in [0.05, 0.1) is 17.0 Å². The third-order valence-corrected chi connectivity index (χ3v) is 2.85. The third kappa shape index (κ3) is 3.32. The second-order valence-corrected chi connectivity index (χ2v) is 4.38. The highest BCUT2D eigenvalue weighted by Gasteiger charge is 2.06. The van der Waals surface area contributed by atoms with Crippen molar-refractivity contribution in [2.75, 3.05) is 0 Å². The zero-order valence-electron chi connectivity index (χ0n) is 11.5. The van der Waals surface area contributed by atoms with E-state index >= 15 is 0 Å². The molecule has 5 nitrogen and oxygen atoms in total. The molecule has 0 bridgehead atoms. The van der Waals surface area contributed by atoms with Crippen LogP contribution in [0.15, 0.2) is 30.5 Å². The summed E-state index contributed by atoms with van der Waals surface area (Å²) in [5, 5.41) is 8.80. The Morgan fingerprint density at radius 1 is 1.30 bits per heavy atom. The van der Waals surface area contributed by atoms with E-state index in [2.05, 4.69) is 9.97 Å². The molecule has 0 aliphatic rings. The highest BCUT2D eigenvalue weighted by molar-refractivity contribution is 5.87. The molecule has 0 aliphatic heterocycles. The van der Waals surface area contributed by atoms with Gasteiger partial charge in [0.15, 0.2) is 0 Å². The van der Waals surface area contributed by atoms with Gasteiger partial charge in [-0.15, -0.1) is 0 Å². The van der Waals surface area contributed by atoms with Crippen molar-refractivity contribution in [2.45, 2.75) is 26.9 Å². The van der Waals surface area contributed by atoms with Crippen molar-refractivity contribution in [1.29, 1.82) is 0 Å². The summed E-state index contributed by atoms with van der Waals surface area (Å²) in [4.78, 5) is 19.2. The molecular formula is C15H16N2O3. The van der Waals surface area contributed by atoms with Crippen molar-refractivity contribution in [3.05, 3.63) is 53.1 Å². The molecule has 2 aromatic rings. The fourth-order valence-electron chi connectivity index (χ4n) is 1.77. The second kappa shape index (κ2) is 6.14. The number of carboxylic acid groups (broad SMARTS) is 1. The van der Waals surface area contributed by atoms with Gasteiger partial charge in [0.1, 0.15) is 12.4 Å². The molecule has 2 rings (SSSR count). The number of pyridine rings is 2. The molecular weight excluding hydrogens is 256 g/mol. The summed E-state index contributed by atoms with van der Waals surface area (Å²) in [5.74, 6) is -0.247. The van der Waals surface area contributed by atoms with Gasteiger partial charge in [0.25, 0.3) is 0 Å². The number of nitrogens with zero attached hydrogens (tertiary/aromatic N) is 2. The zero-order chi connectivity index (χ0) is 14.5. The Labute approximate surface area is 117 Å². The molecule has 0 aromatic carbocycles. The average molecular weight is 272 g/mol. The molecule has 0 unspecified atom stereocenters. The molecule has 0 saturated carbocycles. The lowest BCUT2D eigenvalue weighted by Crippen LogP contribution is -2.04. The number of hydrogen-bond donors (Lipinski definition) is 1. The van der Waals surface area contributed by atoms with Gasteiger partial charge in [-0.05, 0) is 37.6 Å². The first-order valence-corrected chi connectivity index (χ1v) is 6.37. The van der Waals surface area contributed by atoms with Crippen LogP contribution in [0.5, 0.6) is 5.75 Å². The number of aryl methyl sites for hydroxylation is 2. The SMILES string of the molecule is CCc1nc(C)ccc1OCc1ccc(C(=O)O)cn1. The fraction of sp³-hybridized carbons (Fsp3) is 0.267. The molecule has 0 spiro atoms. The summed E-state index contributed by atoms with van der Waals surface area (Å²) in [7, 11) is 0. The molecule has 0 atom stereocenters. The summed E-state index contributed by atoms with van der Waals surface area (Å²) in [5.41, 5.74) is 2.71. The topological polar surface area (TPSA) is 72.3 Å². The van der Waals surface area contributed by atoms with Gasteiger partial charge >= 0.3 is 5.97 Å². The summed E-state index contributed by atoms with van der Waals surface area (Å²) < 4.78 is 5.70. The first kappa shape index (κ1) is 14.0. The van der Waals surface area contributed by atoms with E-state index in [9.17, 15) is 4.79 Å². The predicted molar refractivity (Wildman–Crippen MR) is 73.9 cm³/mol. The lowest BCUT2D eigenvalue weighted by molar-refractivity contribution is 0.0696. The van der Waals surface area contributed by atoms with Crippen LogP contribution in [0.3, 0.4) is 0 Å². The first-order chi connectivity index (χ1) is 9.60.